The Morgan fingerprint density at radius 2 is 1.76 bits per heavy atom. The van der Waals surface area contributed by atoms with Gasteiger partial charge in [0.1, 0.15) is 40.6 Å². The molecule has 0 radical (unpaired) electrons. The van der Waals surface area contributed by atoms with Crippen molar-refractivity contribution in [1.29, 1.82) is 0 Å². The van der Waals surface area contributed by atoms with Crippen molar-refractivity contribution >= 4 is 28.9 Å². The van der Waals surface area contributed by atoms with Gasteiger partial charge in [0.05, 0.1) is 23.8 Å². The fraction of sp³-hybridized carbons (Fsp3) is 0.385. The van der Waals surface area contributed by atoms with Crippen LogP contribution in [0.5, 0.6) is 0 Å². The predicted molar refractivity (Wildman–Crippen MR) is 132 cm³/mol. The summed E-state index contributed by atoms with van der Waals surface area (Å²) in [5.74, 6) is -3.19. The Morgan fingerprint density at radius 3 is 2.30 bits per heavy atom. The van der Waals surface area contributed by atoms with Crippen LogP contribution in [0.3, 0.4) is 0 Å². The third-order valence-electron chi connectivity index (χ3n) is 6.54. The van der Waals surface area contributed by atoms with Gasteiger partial charge in [-0.1, -0.05) is 27.7 Å². The maximum atomic E-state index is 15.0. The highest BCUT2D eigenvalue weighted by Crippen LogP contribution is 2.40. The molecule has 1 amide bonds. The van der Waals surface area contributed by atoms with Crippen LogP contribution in [-0.4, -0.2) is 27.9 Å². The van der Waals surface area contributed by atoms with Gasteiger partial charge >= 0.3 is 5.97 Å². The zero-order valence-corrected chi connectivity index (χ0v) is 21.0. The van der Waals surface area contributed by atoms with Crippen molar-refractivity contribution in [3.8, 4) is 0 Å². The molecule has 0 aliphatic carbocycles. The number of nitrogens with one attached hydrogen (secondary N) is 2. The Labute approximate surface area is 210 Å². The second kappa shape index (κ2) is 9.13. The molecule has 2 atom stereocenters. The van der Waals surface area contributed by atoms with Crippen molar-refractivity contribution in [2.75, 3.05) is 10.6 Å². The average molecular weight is 516 g/mol. The Hall–Kier alpha value is -4.02. The molecule has 3 aromatic rings. The van der Waals surface area contributed by atoms with Gasteiger partial charge in [0.2, 0.25) is 0 Å². The zero-order valence-electron chi connectivity index (χ0n) is 21.0. The van der Waals surface area contributed by atoms with Gasteiger partial charge in [-0.25, -0.2) is 13.6 Å². The second-order valence-electron chi connectivity index (χ2n) is 10.2. The molecule has 0 saturated carbocycles. The molecular weight excluding hydrogens is 488 g/mol. The zero-order chi connectivity index (χ0) is 27.4. The van der Waals surface area contributed by atoms with Gasteiger partial charge in [-0.2, -0.15) is 0 Å². The van der Waals surface area contributed by atoms with Gasteiger partial charge in [-0.15, -0.1) is 0 Å². The lowest BCUT2D eigenvalue weighted by Gasteiger charge is -2.31. The lowest BCUT2D eigenvalue weighted by Crippen LogP contribution is -2.41. The molecule has 0 unspecified atom stereocenters. The van der Waals surface area contributed by atoms with Crippen LogP contribution in [0.2, 0.25) is 0 Å². The van der Waals surface area contributed by atoms with Crippen LogP contribution in [0, 0.1) is 24.0 Å². The molecule has 1 aliphatic rings. The quantitative estimate of drug-likeness (QED) is 0.380. The van der Waals surface area contributed by atoms with Crippen molar-refractivity contribution in [2.45, 2.75) is 59.7 Å². The van der Waals surface area contributed by atoms with E-state index < -0.39 is 63.1 Å². The first kappa shape index (κ1) is 26.1. The van der Waals surface area contributed by atoms with Gasteiger partial charge < -0.3 is 25.1 Å². The van der Waals surface area contributed by atoms with Crippen LogP contribution < -0.4 is 21.5 Å². The summed E-state index contributed by atoms with van der Waals surface area (Å²) in [7, 11) is 0. The number of amides is 1. The number of carboxylic acid groups (broad SMARTS) is 1. The molecule has 3 N–H and O–H groups in total. The van der Waals surface area contributed by atoms with E-state index in [4.69, 9.17) is 4.42 Å². The summed E-state index contributed by atoms with van der Waals surface area (Å²) in [4.78, 5) is 50.7. The van der Waals surface area contributed by atoms with Crippen LogP contribution in [0.15, 0.2) is 32.2 Å². The molecule has 0 saturated heterocycles. The number of fused-ring (bicyclic) bond motifs is 1. The first-order chi connectivity index (χ1) is 17.3. The molecule has 11 heteroatoms. The number of carbonyl (C=O) groups excluding carboxylic acids is 1. The minimum atomic E-state index is -1.28. The molecule has 37 heavy (non-hydrogen) atoms. The third-order valence-corrected chi connectivity index (χ3v) is 6.54. The molecule has 4 rings (SSSR count). The monoisotopic (exact) mass is 515 g/mol. The number of carbonyl (C=O) groups is 2. The SMILES string of the molecule is CC[C@@H](C(=O)O)N1Cc2c(F)cc(F)c(Nc3c(N[C@@H](c4ccc(C)o4)C(C)(C)C)c(=O)c3=O)c2C1=O. The van der Waals surface area contributed by atoms with E-state index in [0.29, 0.717) is 17.6 Å². The molecule has 9 nitrogen and oxygen atoms in total. The molecule has 0 spiro atoms. The van der Waals surface area contributed by atoms with E-state index >= 15 is 0 Å². The van der Waals surface area contributed by atoms with Crippen LogP contribution in [0.25, 0.3) is 0 Å². The van der Waals surface area contributed by atoms with Crippen LogP contribution in [0.1, 0.15) is 67.6 Å². The van der Waals surface area contributed by atoms with E-state index in [9.17, 15) is 33.1 Å². The fourth-order valence-electron chi connectivity index (χ4n) is 4.58. The molecule has 1 aromatic heterocycles. The lowest BCUT2D eigenvalue weighted by atomic mass is 9.85. The largest absolute Gasteiger partial charge is 0.480 e. The summed E-state index contributed by atoms with van der Waals surface area (Å²) in [5.41, 5.74) is -3.79. The number of carboxylic acids is 1. The Morgan fingerprint density at radius 1 is 1.11 bits per heavy atom. The minimum Gasteiger partial charge on any atom is -0.480 e. The topological polar surface area (TPSA) is 129 Å². The lowest BCUT2D eigenvalue weighted by molar-refractivity contribution is -0.142. The standard InChI is InChI=1S/C26H27F2N3O6/c1-6-15(25(35)36)31-10-12-13(27)9-14(28)18(17(12)24(31)34)29-19-20(22(33)21(19)32)30-23(26(3,4)5)16-8-7-11(2)37-16/h7-9,15,23,29-30H,6,10H2,1-5H3,(H,35,36)/t15-,23-/m0/s1. The summed E-state index contributed by atoms with van der Waals surface area (Å²) in [5, 5.41) is 15.0. The van der Waals surface area contributed by atoms with Gasteiger partial charge in [0.15, 0.2) is 0 Å². The van der Waals surface area contributed by atoms with Crippen molar-refractivity contribution in [3.63, 3.8) is 0 Å². The number of aliphatic carboxylic acids is 1. The van der Waals surface area contributed by atoms with Gasteiger partial charge in [0.25, 0.3) is 16.8 Å². The summed E-state index contributed by atoms with van der Waals surface area (Å²) in [6, 6.07) is 2.26. The first-order valence-corrected chi connectivity index (χ1v) is 11.7. The number of halogens is 2. The minimum absolute atomic E-state index is 0.0502. The Balaban J connectivity index is 1.74. The highest BCUT2D eigenvalue weighted by molar-refractivity contribution is 6.06. The first-order valence-electron chi connectivity index (χ1n) is 11.7. The molecular formula is C26H27F2N3O6. The number of hydrogen-bond donors (Lipinski definition) is 3. The van der Waals surface area contributed by atoms with Crippen LogP contribution in [0.4, 0.5) is 25.8 Å². The maximum absolute atomic E-state index is 15.0. The predicted octanol–water partition coefficient (Wildman–Crippen LogP) is 4.22. The van der Waals surface area contributed by atoms with Crippen molar-refractivity contribution in [2.24, 2.45) is 5.41 Å². The van der Waals surface area contributed by atoms with E-state index in [-0.39, 0.29) is 29.9 Å². The number of nitrogens with zero attached hydrogens (tertiary/aromatic N) is 1. The van der Waals surface area contributed by atoms with Crippen molar-refractivity contribution in [1.82, 2.24) is 4.90 Å². The molecule has 2 heterocycles. The van der Waals surface area contributed by atoms with Crippen LogP contribution in [-0.2, 0) is 11.3 Å². The smallest absolute Gasteiger partial charge is 0.326 e. The number of rotatable bonds is 8. The second-order valence-corrected chi connectivity index (χ2v) is 10.2. The normalized spacial score (nSPS) is 15.1. The number of furan rings is 1. The molecule has 1 aliphatic heterocycles. The summed E-state index contributed by atoms with van der Waals surface area (Å²) >= 11 is 0. The van der Waals surface area contributed by atoms with E-state index in [1.807, 2.05) is 20.8 Å². The summed E-state index contributed by atoms with van der Waals surface area (Å²) in [6.07, 6.45) is 0.0502. The summed E-state index contributed by atoms with van der Waals surface area (Å²) in [6.45, 7) is 8.63. The van der Waals surface area contributed by atoms with E-state index in [1.165, 1.54) is 0 Å². The molecule has 0 fully saturated rings. The Kier molecular flexibility index (Phi) is 6.43. The molecule has 196 valence electrons. The van der Waals surface area contributed by atoms with Gasteiger partial charge in [0, 0.05) is 11.6 Å². The van der Waals surface area contributed by atoms with Crippen molar-refractivity contribution in [3.05, 3.63) is 72.9 Å². The van der Waals surface area contributed by atoms with E-state index in [2.05, 4.69) is 10.6 Å². The highest BCUT2D eigenvalue weighted by Gasteiger charge is 2.41. The maximum Gasteiger partial charge on any atom is 0.326 e. The van der Waals surface area contributed by atoms with Gasteiger partial charge in [-0.05, 0) is 30.9 Å². The number of hydrogen-bond acceptors (Lipinski definition) is 7. The average Bonchev–Trinajstić information content (AvgIpc) is 3.38. The fourth-order valence-corrected chi connectivity index (χ4v) is 4.58. The molecule has 2 aromatic carbocycles. The number of aryl methyl sites for hydroxylation is 1. The summed E-state index contributed by atoms with van der Waals surface area (Å²) < 4.78 is 35.4. The Bertz CT molecular complexity index is 1480. The van der Waals surface area contributed by atoms with E-state index in [1.54, 1.807) is 26.0 Å². The van der Waals surface area contributed by atoms with Gasteiger partial charge in [-0.3, -0.25) is 14.4 Å². The van der Waals surface area contributed by atoms with E-state index in [0.717, 1.165) is 4.90 Å². The van der Waals surface area contributed by atoms with Crippen molar-refractivity contribution < 1.29 is 27.9 Å². The third kappa shape index (κ3) is 4.38. The number of anilines is 3. The highest BCUT2D eigenvalue weighted by atomic mass is 19.1. The number of benzene rings is 1. The molecule has 0 bridgehead atoms. The van der Waals surface area contributed by atoms with Crippen LogP contribution >= 0.6 is 0 Å².